The Bertz CT molecular complexity index is 825. The topological polar surface area (TPSA) is 46.3 Å². The molecule has 0 fully saturated rings. The monoisotopic (exact) mass is 280 g/mol. The Kier molecular flexibility index (Phi) is 3.44. The summed E-state index contributed by atoms with van der Waals surface area (Å²) in [6.45, 7) is 2.52. The smallest absolute Gasteiger partial charge is 0.348 e. The largest absolute Gasteiger partial charge is 0.389 e. The molecule has 0 saturated heterocycles. The molecule has 21 heavy (non-hydrogen) atoms. The molecule has 0 radical (unpaired) electrons. The minimum atomic E-state index is -0.340. The number of hydrogen-bond donors (Lipinski definition) is 0. The first kappa shape index (κ1) is 13.4. The van der Waals surface area contributed by atoms with Crippen molar-refractivity contribution in [2.45, 2.75) is 13.5 Å². The zero-order chi connectivity index (χ0) is 14.8. The van der Waals surface area contributed by atoms with Crippen LogP contribution < -0.4 is 10.5 Å². The lowest BCUT2D eigenvalue weighted by molar-refractivity contribution is 0.494. The number of rotatable bonds is 3. The molecule has 3 aromatic rings. The van der Waals surface area contributed by atoms with E-state index >= 15 is 0 Å². The third-order valence-electron chi connectivity index (χ3n) is 3.44. The lowest BCUT2D eigenvalue weighted by Crippen LogP contribution is -2.20. The van der Waals surface area contributed by atoms with E-state index in [4.69, 9.17) is 4.42 Å². The van der Waals surface area contributed by atoms with Crippen LogP contribution in [-0.2, 0) is 6.54 Å². The van der Waals surface area contributed by atoms with E-state index < -0.39 is 0 Å². The van der Waals surface area contributed by atoms with Gasteiger partial charge in [-0.25, -0.2) is 4.79 Å². The molecule has 0 N–H and O–H groups in total. The van der Waals surface area contributed by atoms with Gasteiger partial charge in [0, 0.05) is 13.6 Å². The van der Waals surface area contributed by atoms with Crippen LogP contribution in [0, 0.1) is 6.92 Å². The van der Waals surface area contributed by atoms with Gasteiger partial charge in [0.25, 0.3) is 0 Å². The average Bonchev–Trinajstić information content (AvgIpc) is 2.48. The van der Waals surface area contributed by atoms with Crippen molar-refractivity contribution in [2.75, 3.05) is 11.9 Å². The first-order chi connectivity index (χ1) is 10.1. The highest BCUT2D eigenvalue weighted by Crippen LogP contribution is 2.17. The van der Waals surface area contributed by atoms with E-state index in [0.717, 1.165) is 11.1 Å². The van der Waals surface area contributed by atoms with Crippen LogP contribution in [0.15, 0.2) is 57.7 Å². The van der Waals surface area contributed by atoms with Gasteiger partial charge in [-0.2, -0.15) is 4.98 Å². The maximum absolute atomic E-state index is 12.1. The van der Waals surface area contributed by atoms with Crippen molar-refractivity contribution in [1.82, 2.24) is 4.98 Å². The van der Waals surface area contributed by atoms with Crippen molar-refractivity contribution in [3.8, 4) is 0 Å². The zero-order valence-electron chi connectivity index (χ0n) is 12.0. The third kappa shape index (κ3) is 2.65. The first-order valence-electron chi connectivity index (χ1n) is 6.80. The Morgan fingerprint density at radius 2 is 1.86 bits per heavy atom. The van der Waals surface area contributed by atoms with Gasteiger partial charge >= 0.3 is 11.6 Å². The minimum Gasteiger partial charge on any atom is -0.389 e. The fourth-order valence-corrected chi connectivity index (χ4v) is 2.36. The maximum atomic E-state index is 12.1. The van der Waals surface area contributed by atoms with Gasteiger partial charge in [0.1, 0.15) is 0 Å². The molecule has 0 unspecified atom stereocenters. The van der Waals surface area contributed by atoms with Crippen molar-refractivity contribution in [2.24, 2.45) is 0 Å². The van der Waals surface area contributed by atoms with E-state index in [1.807, 2.05) is 67.4 Å². The van der Waals surface area contributed by atoms with E-state index in [2.05, 4.69) is 4.98 Å². The van der Waals surface area contributed by atoms with Crippen LogP contribution >= 0.6 is 0 Å². The molecule has 1 heterocycles. The molecule has 0 aliphatic rings. The third-order valence-corrected chi connectivity index (χ3v) is 3.44. The van der Waals surface area contributed by atoms with E-state index in [9.17, 15) is 4.79 Å². The van der Waals surface area contributed by atoms with Gasteiger partial charge in [0.15, 0.2) is 0 Å². The van der Waals surface area contributed by atoms with Gasteiger partial charge < -0.3 is 9.32 Å². The number of hydrogen-bond acceptors (Lipinski definition) is 4. The van der Waals surface area contributed by atoms with Gasteiger partial charge in [-0.15, -0.1) is 0 Å². The van der Waals surface area contributed by atoms with Crippen LogP contribution in [-0.4, -0.2) is 12.0 Å². The van der Waals surface area contributed by atoms with Crippen molar-refractivity contribution in [1.29, 1.82) is 0 Å². The molecule has 3 rings (SSSR count). The molecule has 1 aromatic heterocycles. The van der Waals surface area contributed by atoms with E-state index in [0.29, 0.717) is 23.5 Å². The van der Waals surface area contributed by atoms with Crippen LogP contribution in [0.3, 0.4) is 0 Å². The second kappa shape index (κ2) is 5.40. The van der Waals surface area contributed by atoms with Gasteiger partial charge in [-0.1, -0.05) is 42.5 Å². The Morgan fingerprint density at radius 3 is 2.62 bits per heavy atom. The van der Waals surface area contributed by atoms with E-state index in [1.54, 1.807) is 0 Å². The molecular weight excluding hydrogens is 264 g/mol. The van der Waals surface area contributed by atoms with E-state index in [-0.39, 0.29) is 5.63 Å². The van der Waals surface area contributed by atoms with Crippen molar-refractivity contribution in [3.05, 3.63) is 70.1 Å². The number of nitrogens with zero attached hydrogens (tertiary/aromatic N) is 2. The second-order valence-electron chi connectivity index (χ2n) is 5.09. The fourth-order valence-electron chi connectivity index (χ4n) is 2.36. The van der Waals surface area contributed by atoms with Crippen LogP contribution in [0.5, 0.6) is 0 Å². The SMILES string of the molecule is Cc1cccc2nc(N(C)Cc3ccccc3)oc(=O)c12. The van der Waals surface area contributed by atoms with Crippen LogP contribution in [0.25, 0.3) is 10.9 Å². The van der Waals surface area contributed by atoms with E-state index in [1.165, 1.54) is 0 Å². The average molecular weight is 280 g/mol. The number of aromatic nitrogens is 1. The Balaban J connectivity index is 1.99. The number of aryl methyl sites for hydroxylation is 1. The van der Waals surface area contributed by atoms with Crippen molar-refractivity contribution < 1.29 is 4.42 Å². The van der Waals surface area contributed by atoms with Crippen LogP contribution in [0.2, 0.25) is 0 Å². The lowest BCUT2D eigenvalue weighted by Gasteiger charge is -2.16. The molecule has 4 heteroatoms. The summed E-state index contributed by atoms with van der Waals surface area (Å²) in [6.07, 6.45) is 0. The molecule has 2 aromatic carbocycles. The van der Waals surface area contributed by atoms with Gasteiger partial charge in [-0.3, -0.25) is 0 Å². The van der Waals surface area contributed by atoms with Crippen molar-refractivity contribution in [3.63, 3.8) is 0 Å². The quantitative estimate of drug-likeness (QED) is 0.739. The van der Waals surface area contributed by atoms with Gasteiger partial charge in [0.2, 0.25) is 0 Å². The number of anilines is 1. The Labute approximate surface area is 122 Å². The zero-order valence-corrected chi connectivity index (χ0v) is 12.0. The molecule has 0 spiro atoms. The molecule has 0 aliphatic carbocycles. The number of benzene rings is 2. The summed E-state index contributed by atoms with van der Waals surface area (Å²) in [4.78, 5) is 18.4. The maximum Gasteiger partial charge on any atom is 0.348 e. The van der Waals surface area contributed by atoms with Gasteiger partial charge in [-0.05, 0) is 24.1 Å². The summed E-state index contributed by atoms with van der Waals surface area (Å²) in [5.74, 6) is 0. The van der Waals surface area contributed by atoms with Gasteiger partial charge in [0.05, 0.1) is 10.9 Å². The summed E-state index contributed by atoms with van der Waals surface area (Å²) in [5, 5.41) is 0.550. The molecule has 0 saturated carbocycles. The highest BCUT2D eigenvalue weighted by molar-refractivity contribution is 5.81. The summed E-state index contributed by atoms with van der Waals surface area (Å²) in [5.41, 5.74) is 2.34. The molecule has 0 atom stereocenters. The van der Waals surface area contributed by atoms with Crippen molar-refractivity contribution >= 4 is 16.9 Å². The number of fused-ring (bicyclic) bond motifs is 1. The molecular formula is C17H16N2O2. The minimum absolute atomic E-state index is 0.335. The molecule has 4 nitrogen and oxygen atoms in total. The van der Waals surface area contributed by atoms with Crippen LogP contribution in [0.1, 0.15) is 11.1 Å². The predicted octanol–water partition coefficient (Wildman–Crippen LogP) is 3.13. The Hall–Kier alpha value is -2.62. The predicted molar refractivity (Wildman–Crippen MR) is 83.6 cm³/mol. The molecule has 0 aliphatic heterocycles. The normalized spacial score (nSPS) is 10.8. The highest BCUT2D eigenvalue weighted by atomic mass is 16.4. The summed E-state index contributed by atoms with van der Waals surface area (Å²) >= 11 is 0. The standard InChI is InChI=1S/C17H16N2O2/c1-12-7-6-10-14-15(12)16(20)21-17(18-14)19(2)11-13-8-4-3-5-9-13/h3-10H,11H2,1-2H3. The summed E-state index contributed by atoms with van der Waals surface area (Å²) in [7, 11) is 1.86. The lowest BCUT2D eigenvalue weighted by atomic mass is 10.1. The summed E-state index contributed by atoms with van der Waals surface area (Å²) in [6, 6.07) is 15.9. The fraction of sp³-hybridized carbons (Fsp3) is 0.176. The highest BCUT2D eigenvalue weighted by Gasteiger charge is 2.12. The molecule has 0 amide bonds. The van der Waals surface area contributed by atoms with Crippen LogP contribution in [0.4, 0.5) is 6.01 Å². The Morgan fingerprint density at radius 1 is 1.10 bits per heavy atom. The molecule has 106 valence electrons. The first-order valence-corrected chi connectivity index (χ1v) is 6.80. The second-order valence-corrected chi connectivity index (χ2v) is 5.09. The summed E-state index contributed by atoms with van der Waals surface area (Å²) < 4.78 is 5.36. The molecule has 0 bridgehead atoms.